The summed E-state index contributed by atoms with van der Waals surface area (Å²) in [6.45, 7) is 2.23. The number of anilines is 1. The van der Waals surface area contributed by atoms with E-state index in [1.807, 2.05) is 25.1 Å². The molecule has 9 heteroatoms. The first kappa shape index (κ1) is 22.3. The molecular formula is C21H19BrN2O4S2. The van der Waals surface area contributed by atoms with E-state index in [0.29, 0.717) is 37.4 Å². The second-order valence-electron chi connectivity index (χ2n) is 6.16. The van der Waals surface area contributed by atoms with Crippen LogP contribution in [0.1, 0.15) is 12.5 Å². The predicted octanol–water partition coefficient (Wildman–Crippen LogP) is 4.70. The molecule has 1 aliphatic heterocycles. The van der Waals surface area contributed by atoms with Gasteiger partial charge in [-0.15, -0.1) is 0 Å². The Labute approximate surface area is 192 Å². The second-order valence-corrected chi connectivity index (χ2v) is 8.69. The van der Waals surface area contributed by atoms with Crippen molar-refractivity contribution in [3.63, 3.8) is 0 Å². The Kier molecular flexibility index (Phi) is 7.52. The van der Waals surface area contributed by atoms with E-state index < -0.39 is 0 Å². The van der Waals surface area contributed by atoms with Gasteiger partial charge in [-0.3, -0.25) is 14.5 Å². The maximum absolute atomic E-state index is 12.4. The summed E-state index contributed by atoms with van der Waals surface area (Å²) in [7, 11) is 1.51. The van der Waals surface area contributed by atoms with Crippen molar-refractivity contribution in [1.29, 1.82) is 0 Å². The van der Waals surface area contributed by atoms with E-state index in [-0.39, 0.29) is 18.4 Å². The third-order valence-corrected chi connectivity index (χ3v) is 6.11. The molecular weight excluding hydrogens is 488 g/mol. The number of amides is 2. The fourth-order valence-corrected chi connectivity index (χ4v) is 4.70. The van der Waals surface area contributed by atoms with Crippen molar-refractivity contribution in [3.05, 3.63) is 57.4 Å². The summed E-state index contributed by atoms with van der Waals surface area (Å²) in [5.41, 5.74) is 1.44. The Balaban J connectivity index is 1.74. The average Bonchev–Trinajstić information content (AvgIpc) is 2.99. The fourth-order valence-electron chi connectivity index (χ4n) is 2.74. The van der Waals surface area contributed by atoms with Crippen LogP contribution in [0.15, 0.2) is 51.8 Å². The molecule has 0 atom stereocenters. The van der Waals surface area contributed by atoms with E-state index in [1.165, 1.54) is 18.9 Å². The van der Waals surface area contributed by atoms with E-state index >= 15 is 0 Å². The molecule has 2 aromatic rings. The molecule has 1 aliphatic rings. The highest BCUT2D eigenvalue weighted by Gasteiger charge is 2.30. The normalized spacial score (nSPS) is 14.9. The lowest BCUT2D eigenvalue weighted by molar-refractivity contribution is -0.122. The van der Waals surface area contributed by atoms with Gasteiger partial charge in [-0.1, -0.05) is 42.2 Å². The number of hydrogen-bond donors (Lipinski definition) is 1. The highest BCUT2D eigenvalue weighted by atomic mass is 79.9. The highest BCUT2D eigenvalue weighted by Crippen LogP contribution is 2.39. The van der Waals surface area contributed by atoms with Gasteiger partial charge in [-0.25, -0.2) is 0 Å². The lowest BCUT2D eigenvalue weighted by Crippen LogP contribution is -2.27. The molecule has 0 radical (unpaired) electrons. The van der Waals surface area contributed by atoms with Crippen molar-refractivity contribution < 1.29 is 19.1 Å². The fraction of sp³-hybridized carbons (Fsp3) is 0.190. The van der Waals surface area contributed by atoms with E-state index in [4.69, 9.17) is 21.7 Å². The van der Waals surface area contributed by atoms with Gasteiger partial charge in [-0.2, -0.15) is 0 Å². The van der Waals surface area contributed by atoms with Crippen molar-refractivity contribution in [2.45, 2.75) is 6.92 Å². The molecule has 1 N–H and O–H groups in total. The quantitative estimate of drug-likeness (QED) is 0.433. The molecule has 3 rings (SSSR count). The zero-order valence-corrected chi connectivity index (χ0v) is 19.5. The van der Waals surface area contributed by atoms with Crippen LogP contribution in [0.5, 0.6) is 11.5 Å². The molecule has 1 fully saturated rings. The van der Waals surface area contributed by atoms with Crippen LogP contribution in [0.4, 0.5) is 5.69 Å². The minimum Gasteiger partial charge on any atom is -0.493 e. The smallest absolute Gasteiger partial charge is 0.266 e. The van der Waals surface area contributed by atoms with Crippen LogP contribution < -0.4 is 14.8 Å². The number of hydrogen-bond acceptors (Lipinski definition) is 6. The summed E-state index contributed by atoms with van der Waals surface area (Å²) in [5.74, 6) is 0.441. The molecule has 0 aromatic heterocycles. The number of rotatable bonds is 7. The first-order chi connectivity index (χ1) is 14.4. The first-order valence-electron chi connectivity index (χ1n) is 9.03. The second kappa shape index (κ2) is 10.1. The van der Waals surface area contributed by atoms with Crippen LogP contribution >= 0.6 is 39.9 Å². The van der Waals surface area contributed by atoms with E-state index in [2.05, 4.69) is 21.2 Å². The number of carbonyl (C=O) groups excluding carboxylic acids is 2. The number of thioether (sulfide) groups is 1. The monoisotopic (exact) mass is 506 g/mol. The van der Waals surface area contributed by atoms with E-state index in [1.54, 1.807) is 35.2 Å². The van der Waals surface area contributed by atoms with Crippen molar-refractivity contribution >= 4 is 67.8 Å². The molecule has 156 valence electrons. The molecule has 2 amide bonds. The Morgan fingerprint density at radius 1 is 1.30 bits per heavy atom. The molecule has 2 aromatic carbocycles. The third-order valence-electron chi connectivity index (χ3n) is 4.14. The van der Waals surface area contributed by atoms with Gasteiger partial charge in [0, 0.05) is 12.2 Å². The lowest BCUT2D eigenvalue weighted by atomic mass is 10.2. The van der Waals surface area contributed by atoms with Crippen LogP contribution in [-0.4, -0.2) is 41.3 Å². The largest absolute Gasteiger partial charge is 0.493 e. The maximum atomic E-state index is 12.4. The molecule has 0 unspecified atom stereocenters. The molecule has 0 aliphatic carbocycles. The van der Waals surface area contributed by atoms with Crippen molar-refractivity contribution in [2.24, 2.45) is 0 Å². The number of nitrogens with zero attached hydrogens (tertiary/aromatic N) is 1. The number of benzene rings is 2. The van der Waals surface area contributed by atoms with Gasteiger partial charge in [-0.05, 0) is 58.8 Å². The standard InChI is InChI=1S/C21H19BrN2O4S2/c1-3-24-20(26)17(30-21(24)29)11-13-9-15(22)19(16(10-13)27-2)28-12-18(25)23-14-7-5-4-6-8-14/h4-11H,3,12H2,1-2H3,(H,23,25)/b17-11-. The Morgan fingerprint density at radius 2 is 2.03 bits per heavy atom. The third kappa shape index (κ3) is 5.21. The Bertz CT molecular complexity index is 1010. The SMILES string of the molecule is CCN1C(=O)/C(=C/c2cc(Br)c(OCC(=O)Nc3ccccc3)c(OC)c2)SC1=S. The van der Waals surface area contributed by atoms with Crippen LogP contribution in [0, 0.1) is 0 Å². The van der Waals surface area contributed by atoms with Crippen molar-refractivity contribution in [2.75, 3.05) is 25.6 Å². The molecule has 6 nitrogen and oxygen atoms in total. The summed E-state index contributed by atoms with van der Waals surface area (Å²) in [6.07, 6.45) is 1.76. The number of nitrogens with one attached hydrogen (secondary N) is 1. The number of carbonyl (C=O) groups is 2. The summed E-state index contributed by atoms with van der Waals surface area (Å²) in [6, 6.07) is 12.7. The molecule has 0 spiro atoms. The molecule has 0 bridgehead atoms. The van der Waals surface area contributed by atoms with E-state index in [0.717, 1.165) is 5.56 Å². The van der Waals surface area contributed by atoms with Gasteiger partial charge < -0.3 is 14.8 Å². The van der Waals surface area contributed by atoms with Crippen molar-refractivity contribution in [1.82, 2.24) is 4.90 Å². The predicted molar refractivity (Wildman–Crippen MR) is 127 cm³/mol. The van der Waals surface area contributed by atoms with Gasteiger partial charge in [0.15, 0.2) is 18.1 Å². The number of ether oxygens (including phenoxy) is 2. The van der Waals surface area contributed by atoms with Gasteiger partial charge in [0.2, 0.25) is 0 Å². The van der Waals surface area contributed by atoms with Crippen molar-refractivity contribution in [3.8, 4) is 11.5 Å². The number of likely N-dealkylation sites (N-methyl/N-ethyl adjacent to an activating group) is 1. The van der Waals surface area contributed by atoms with Crippen LogP contribution in [0.25, 0.3) is 6.08 Å². The maximum Gasteiger partial charge on any atom is 0.266 e. The van der Waals surface area contributed by atoms with E-state index in [9.17, 15) is 9.59 Å². The van der Waals surface area contributed by atoms with Gasteiger partial charge in [0.1, 0.15) is 4.32 Å². The van der Waals surface area contributed by atoms with Crippen LogP contribution in [-0.2, 0) is 9.59 Å². The summed E-state index contributed by atoms with van der Waals surface area (Å²) in [5, 5.41) is 2.76. The number of thiocarbonyl (C=S) groups is 1. The van der Waals surface area contributed by atoms with Gasteiger partial charge >= 0.3 is 0 Å². The van der Waals surface area contributed by atoms with Gasteiger partial charge in [0.25, 0.3) is 11.8 Å². The summed E-state index contributed by atoms with van der Waals surface area (Å²) >= 11 is 9.98. The first-order valence-corrected chi connectivity index (χ1v) is 11.0. The lowest BCUT2D eigenvalue weighted by Gasteiger charge is -2.14. The van der Waals surface area contributed by atoms with Crippen LogP contribution in [0.3, 0.4) is 0 Å². The zero-order valence-electron chi connectivity index (χ0n) is 16.3. The minimum absolute atomic E-state index is 0.111. The zero-order chi connectivity index (χ0) is 21.7. The number of para-hydroxylation sites is 1. The number of halogens is 1. The van der Waals surface area contributed by atoms with Gasteiger partial charge in [0.05, 0.1) is 16.5 Å². The molecule has 1 saturated heterocycles. The Hall–Kier alpha value is -2.36. The molecule has 0 saturated carbocycles. The topological polar surface area (TPSA) is 67.9 Å². The molecule has 1 heterocycles. The Morgan fingerprint density at radius 3 is 2.67 bits per heavy atom. The molecule has 30 heavy (non-hydrogen) atoms. The highest BCUT2D eigenvalue weighted by molar-refractivity contribution is 9.10. The summed E-state index contributed by atoms with van der Waals surface area (Å²) in [4.78, 5) is 26.7. The van der Waals surface area contributed by atoms with Crippen LogP contribution in [0.2, 0.25) is 0 Å². The number of methoxy groups -OCH3 is 1. The summed E-state index contributed by atoms with van der Waals surface area (Å²) < 4.78 is 12.3. The average molecular weight is 507 g/mol. The minimum atomic E-state index is -0.289.